The van der Waals surface area contributed by atoms with Gasteiger partial charge in [0.2, 0.25) is 23.6 Å². The average molecular weight is 553 g/mol. The monoisotopic (exact) mass is 552 g/mol. The molecule has 0 aliphatic rings. The third-order valence-electron chi connectivity index (χ3n) is 6.32. The lowest BCUT2D eigenvalue weighted by Crippen LogP contribution is -2.57. The van der Waals surface area contributed by atoms with Gasteiger partial charge in [-0.2, -0.15) is 0 Å². The Balaban J connectivity index is 1.68. The van der Waals surface area contributed by atoms with Crippen LogP contribution in [0.25, 0.3) is 10.9 Å². The summed E-state index contributed by atoms with van der Waals surface area (Å²) in [7, 11) is 0. The Bertz CT molecular complexity index is 1320. The third kappa shape index (κ3) is 8.50. The lowest BCUT2D eigenvalue weighted by atomic mass is 10.0. The fourth-order valence-electron chi connectivity index (χ4n) is 4.34. The van der Waals surface area contributed by atoms with Gasteiger partial charge in [-0.15, -0.1) is 0 Å². The summed E-state index contributed by atoms with van der Waals surface area (Å²) in [6, 6.07) is 3.33. The van der Waals surface area contributed by atoms with Crippen LogP contribution in [0.3, 0.4) is 0 Å². The number of para-hydroxylation sites is 1. The summed E-state index contributed by atoms with van der Waals surface area (Å²) in [6.07, 6.45) is 5.50. The molecule has 0 fully saturated rings. The molecule has 13 nitrogen and oxygen atoms in total. The number of primary amides is 1. The molecule has 0 spiro atoms. The van der Waals surface area contributed by atoms with Crippen molar-refractivity contribution in [2.45, 2.75) is 63.7 Å². The molecule has 13 heteroatoms. The van der Waals surface area contributed by atoms with Crippen LogP contribution < -0.4 is 27.4 Å². The number of nitrogens with two attached hydrogens (primary N) is 2. The first kappa shape index (κ1) is 30.0. The molecule has 0 unspecified atom stereocenters. The number of hydrogen-bond donors (Lipinski definition) is 7. The van der Waals surface area contributed by atoms with E-state index in [4.69, 9.17) is 11.5 Å². The largest absolute Gasteiger partial charge is 0.370 e. The van der Waals surface area contributed by atoms with Crippen molar-refractivity contribution in [3.63, 3.8) is 0 Å². The Labute approximate surface area is 231 Å². The maximum atomic E-state index is 13.2. The standard InChI is InChI=1S/C27H36N8O5/c1-15(2)7-22(26(39)33-18(13-36)8-16-11-31-21-6-4-3-5-19(16)21)35-27(40)23(10-24(29)37)34-25(38)20(28)9-17-12-30-14-32-17/h3-6,11-15,18,20,22-23,31H,7-10,28H2,1-2H3,(H2,29,37)(H,30,32)(H,33,39)(H,34,38)(H,35,40)/t18-,20+,22+,23+/m1/s1. The molecule has 9 N–H and O–H groups in total. The predicted molar refractivity (Wildman–Crippen MR) is 147 cm³/mol. The summed E-state index contributed by atoms with van der Waals surface area (Å²) in [5.74, 6) is -2.86. The van der Waals surface area contributed by atoms with Gasteiger partial charge < -0.3 is 42.2 Å². The second-order valence-corrected chi connectivity index (χ2v) is 10.1. The number of rotatable bonds is 15. The molecule has 4 atom stereocenters. The molecule has 3 aromatic rings. The highest BCUT2D eigenvalue weighted by Gasteiger charge is 2.30. The zero-order valence-corrected chi connectivity index (χ0v) is 22.5. The number of aromatic nitrogens is 3. The van der Waals surface area contributed by atoms with Gasteiger partial charge in [-0.1, -0.05) is 32.0 Å². The van der Waals surface area contributed by atoms with E-state index < -0.39 is 54.2 Å². The maximum absolute atomic E-state index is 13.2. The van der Waals surface area contributed by atoms with Crippen LogP contribution in [0.1, 0.15) is 37.9 Å². The minimum atomic E-state index is -1.35. The molecule has 2 aromatic heterocycles. The number of imidazole rings is 1. The van der Waals surface area contributed by atoms with E-state index in [0.717, 1.165) is 16.5 Å². The molecule has 40 heavy (non-hydrogen) atoms. The van der Waals surface area contributed by atoms with E-state index in [1.807, 2.05) is 38.1 Å². The van der Waals surface area contributed by atoms with Gasteiger partial charge in [-0.25, -0.2) is 4.98 Å². The van der Waals surface area contributed by atoms with Gasteiger partial charge in [0.25, 0.3) is 0 Å². The number of H-pyrrole nitrogens is 2. The van der Waals surface area contributed by atoms with Crippen LogP contribution in [0, 0.1) is 5.92 Å². The van der Waals surface area contributed by atoms with E-state index in [9.17, 15) is 24.0 Å². The molecular formula is C27H36N8O5. The number of fused-ring (bicyclic) bond motifs is 1. The Morgan fingerprint density at radius 2 is 1.68 bits per heavy atom. The first-order valence-corrected chi connectivity index (χ1v) is 13.0. The van der Waals surface area contributed by atoms with Crippen LogP contribution in [0.15, 0.2) is 43.0 Å². The average Bonchev–Trinajstić information content (AvgIpc) is 3.56. The minimum absolute atomic E-state index is 0.00800. The summed E-state index contributed by atoms with van der Waals surface area (Å²) in [5.41, 5.74) is 13.7. The molecule has 4 amide bonds. The van der Waals surface area contributed by atoms with Gasteiger partial charge in [0.05, 0.1) is 24.8 Å². The van der Waals surface area contributed by atoms with Crippen molar-refractivity contribution in [1.82, 2.24) is 30.9 Å². The first-order chi connectivity index (χ1) is 19.1. The number of benzene rings is 1. The summed E-state index contributed by atoms with van der Waals surface area (Å²) < 4.78 is 0. The highest BCUT2D eigenvalue weighted by molar-refractivity contribution is 5.96. The van der Waals surface area contributed by atoms with Gasteiger partial charge >= 0.3 is 0 Å². The number of carbonyl (C=O) groups is 5. The molecule has 0 aliphatic carbocycles. The number of aldehydes is 1. The fourth-order valence-corrected chi connectivity index (χ4v) is 4.34. The van der Waals surface area contributed by atoms with E-state index >= 15 is 0 Å². The topological polar surface area (TPSA) is 218 Å². The molecule has 214 valence electrons. The lowest BCUT2D eigenvalue weighted by molar-refractivity contribution is -0.134. The maximum Gasteiger partial charge on any atom is 0.243 e. The van der Waals surface area contributed by atoms with Gasteiger partial charge in [0.1, 0.15) is 18.4 Å². The number of amides is 4. The quantitative estimate of drug-likeness (QED) is 0.123. The van der Waals surface area contributed by atoms with E-state index in [0.29, 0.717) is 12.0 Å². The molecule has 0 saturated heterocycles. The third-order valence-corrected chi connectivity index (χ3v) is 6.32. The summed E-state index contributed by atoms with van der Waals surface area (Å²) in [5, 5.41) is 8.70. The Hall–Kier alpha value is -4.52. The SMILES string of the molecule is CC(C)C[C@H](NC(=O)[C@H](CC(N)=O)NC(=O)[C@@H](N)Cc1cnc[nH]1)C(=O)N[C@@H](C=O)Cc1c[nH]c2ccccc12. The van der Waals surface area contributed by atoms with Crippen LogP contribution in [-0.2, 0) is 36.8 Å². The van der Waals surface area contributed by atoms with E-state index in [1.54, 1.807) is 6.20 Å². The second kappa shape index (κ2) is 14.0. The van der Waals surface area contributed by atoms with Crippen molar-refractivity contribution in [3.05, 3.63) is 54.2 Å². The van der Waals surface area contributed by atoms with Crippen molar-refractivity contribution < 1.29 is 24.0 Å². The Morgan fingerprint density at radius 3 is 2.33 bits per heavy atom. The van der Waals surface area contributed by atoms with Crippen LogP contribution in [0.4, 0.5) is 0 Å². The van der Waals surface area contributed by atoms with Crippen molar-refractivity contribution in [2.75, 3.05) is 0 Å². The van der Waals surface area contributed by atoms with E-state index in [2.05, 4.69) is 30.9 Å². The number of hydrogen-bond acceptors (Lipinski definition) is 7. The van der Waals surface area contributed by atoms with Gasteiger partial charge in [0.15, 0.2) is 0 Å². The lowest BCUT2D eigenvalue weighted by Gasteiger charge is -2.25. The number of nitrogens with zero attached hydrogens (tertiary/aromatic N) is 1. The molecule has 0 saturated carbocycles. The minimum Gasteiger partial charge on any atom is -0.370 e. The van der Waals surface area contributed by atoms with Gasteiger partial charge in [0, 0.05) is 41.8 Å². The number of carbonyl (C=O) groups excluding carboxylic acids is 5. The van der Waals surface area contributed by atoms with Crippen molar-refractivity contribution >= 4 is 40.8 Å². The van der Waals surface area contributed by atoms with E-state index in [1.165, 1.54) is 12.5 Å². The van der Waals surface area contributed by atoms with Crippen LogP contribution >= 0.6 is 0 Å². The molecule has 3 rings (SSSR count). The van der Waals surface area contributed by atoms with Crippen molar-refractivity contribution in [3.8, 4) is 0 Å². The summed E-state index contributed by atoms with van der Waals surface area (Å²) in [4.78, 5) is 72.4. The fraction of sp³-hybridized carbons (Fsp3) is 0.407. The molecule has 1 aromatic carbocycles. The van der Waals surface area contributed by atoms with Gasteiger partial charge in [-0.05, 0) is 24.0 Å². The zero-order chi connectivity index (χ0) is 29.2. The zero-order valence-electron chi connectivity index (χ0n) is 22.5. The summed E-state index contributed by atoms with van der Waals surface area (Å²) in [6.45, 7) is 3.74. The smallest absolute Gasteiger partial charge is 0.243 e. The van der Waals surface area contributed by atoms with Gasteiger partial charge in [-0.3, -0.25) is 19.2 Å². The number of aromatic amines is 2. The number of nitrogens with one attached hydrogen (secondary N) is 5. The Morgan fingerprint density at radius 1 is 0.975 bits per heavy atom. The molecule has 2 heterocycles. The highest BCUT2D eigenvalue weighted by Crippen LogP contribution is 2.19. The van der Waals surface area contributed by atoms with E-state index in [-0.39, 0.29) is 25.2 Å². The normalized spacial score (nSPS) is 14.2. The van der Waals surface area contributed by atoms with Crippen LogP contribution in [0.2, 0.25) is 0 Å². The van der Waals surface area contributed by atoms with Crippen LogP contribution in [-0.4, -0.2) is 69.0 Å². The van der Waals surface area contributed by atoms with Crippen LogP contribution in [0.5, 0.6) is 0 Å². The molecular weight excluding hydrogens is 516 g/mol. The second-order valence-electron chi connectivity index (χ2n) is 10.1. The molecule has 0 bridgehead atoms. The highest BCUT2D eigenvalue weighted by atomic mass is 16.2. The molecule has 0 aliphatic heterocycles. The Kier molecular flexibility index (Phi) is 10.5. The van der Waals surface area contributed by atoms with Crippen molar-refractivity contribution in [1.29, 1.82) is 0 Å². The summed E-state index contributed by atoms with van der Waals surface area (Å²) >= 11 is 0. The molecule has 0 radical (unpaired) electrons. The first-order valence-electron chi connectivity index (χ1n) is 13.0. The van der Waals surface area contributed by atoms with Crippen molar-refractivity contribution in [2.24, 2.45) is 17.4 Å². The predicted octanol–water partition coefficient (Wildman–Crippen LogP) is -0.422.